The Morgan fingerprint density at radius 2 is 0.811 bits per heavy atom. The first-order valence-electron chi connectivity index (χ1n) is 11.0. The number of amides is 3. The molecule has 3 N–H and O–H groups in total. The molecule has 10 heteroatoms. The van der Waals surface area contributed by atoms with Crippen LogP contribution in [0, 0.1) is 0 Å². The maximum absolute atomic E-state index is 11.9. The van der Waals surface area contributed by atoms with E-state index in [1.807, 2.05) is 0 Å². The molecule has 9 nitrogen and oxygen atoms in total. The van der Waals surface area contributed by atoms with E-state index in [9.17, 15) is 14.4 Å². The van der Waals surface area contributed by atoms with E-state index in [1.165, 1.54) is 0 Å². The molecule has 0 spiro atoms. The zero-order chi connectivity index (χ0) is 26.6. The summed E-state index contributed by atoms with van der Waals surface area (Å²) in [4.78, 5) is 35.7. The van der Waals surface area contributed by atoms with Crippen molar-refractivity contribution in [3.63, 3.8) is 0 Å². The van der Waals surface area contributed by atoms with Gasteiger partial charge in [0, 0.05) is 0 Å². The van der Waals surface area contributed by atoms with Gasteiger partial charge in [-0.15, -0.1) is 0 Å². The minimum Gasteiger partial charge on any atom is -0.488 e. The lowest BCUT2D eigenvalue weighted by molar-refractivity contribution is -0.112. The Hall–Kier alpha value is -5.25. The molecule has 0 radical (unpaired) electrons. The van der Waals surface area contributed by atoms with Gasteiger partial charge in [0.2, 0.25) is 17.7 Å². The average molecular weight is 497 g/mol. The Balaban J connectivity index is 1.98. The number of hydrogen-bond donors (Lipinski definition) is 3. The van der Waals surface area contributed by atoms with Crippen molar-refractivity contribution < 1.29 is 28.3 Å². The second-order valence-electron chi connectivity index (χ2n) is 7.21. The number of anilines is 3. The van der Waals surface area contributed by atoms with Gasteiger partial charge in [0.1, 0.15) is 17.2 Å². The molecule has 0 fully saturated rings. The standard InChI is InChI=1S/C27H24BN3O6/c1-4-25(32)29-19-13-7-10-16-22(19)35-28(36-23-17-11-8-14-20(23)30-26(33)5-2)37-24-18-12-9-15-21(24)31-27(34)6-3/h4-18H,1-3H2,(H,29,32)(H,30,33)(H,31,34). The van der Waals surface area contributed by atoms with Crippen LogP contribution in [0.1, 0.15) is 0 Å². The number of benzene rings is 3. The molecule has 3 amide bonds. The summed E-state index contributed by atoms with van der Waals surface area (Å²) in [6.45, 7) is 10.4. The number of carbonyl (C=O) groups excluding carboxylic acids is 3. The summed E-state index contributed by atoms with van der Waals surface area (Å²) < 4.78 is 18.0. The number of para-hydroxylation sites is 6. The minimum atomic E-state index is -1.44. The fraction of sp³-hybridized carbons (Fsp3) is 0. The van der Waals surface area contributed by atoms with Gasteiger partial charge in [-0.2, -0.15) is 0 Å². The van der Waals surface area contributed by atoms with Crippen LogP contribution >= 0.6 is 0 Å². The van der Waals surface area contributed by atoms with Crippen LogP contribution in [0.25, 0.3) is 0 Å². The fourth-order valence-electron chi connectivity index (χ4n) is 2.95. The highest BCUT2D eigenvalue weighted by molar-refractivity contribution is 6.40. The quantitative estimate of drug-likeness (QED) is 0.249. The topological polar surface area (TPSA) is 115 Å². The van der Waals surface area contributed by atoms with Crippen LogP contribution in [0.2, 0.25) is 0 Å². The van der Waals surface area contributed by atoms with Gasteiger partial charge in [-0.1, -0.05) is 56.1 Å². The first-order valence-corrected chi connectivity index (χ1v) is 11.0. The number of rotatable bonds is 12. The molecule has 37 heavy (non-hydrogen) atoms. The highest BCUT2D eigenvalue weighted by atomic mass is 16.7. The van der Waals surface area contributed by atoms with Crippen LogP contribution < -0.4 is 29.9 Å². The second kappa shape index (κ2) is 13.0. The smallest absolute Gasteiger partial charge is 0.488 e. The van der Waals surface area contributed by atoms with Crippen molar-refractivity contribution in [1.29, 1.82) is 0 Å². The SMILES string of the molecule is C=CC(=O)Nc1ccccc1OB(Oc1ccccc1NC(=O)C=C)Oc1ccccc1NC(=O)C=C. The summed E-state index contributed by atoms with van der Waals surface area (Å²) in [5, 5.41) is 7.96. The van der Waals surface area contributed by atoms with E-state index in [-0.39, 0.29) is 17.2 Å². The second-order valence-corrected chi connectivity index (χ2v) is 7.21. The lowest BCUT2D eigenvalue weighted by atomic mass is 10.1. The molecule has 3 rings (SSSR count). The van der Waals surface area contributed by atoms with Gasteiger partial charge in [-0.25, -0.2) is 0 Å². The fourth-order valence-corrected chi connectivity index (χ4v) is 2.95. The highest BCUT2D eigenvalue weighted by Crippen LogP contribution is 2.30. The molecule has 3 aromatic rings. The Labute approximate surface area is 214 Å². The van der Waals surface area contributed by atoms with E-state index in [0.717, 1.165) is 18.2 Å². The third kappa shape index (κ3) is 7.62. The van der Waals surface area contributed by atoms with Gasteiger partial charge in [0.25, 0.3) is 0 Å². The third-order valence-corrected chi connectivity index (χ3v) is 4.66. The minimum absolute atomic E-state index is 0.225. The van der Waals surface area contributed by atoms with Crippen LogP contribution in [0.15, 0.2) is 111 Å². The molecule has 0 heterocycles. The average Bonchev–Trinajstić information content (AvgIpc) is 2.91. The van der Waals surface area contributed by atoms with E-state index in [1.54, 1.807) is 72.8 Å². The number of nitrogens with one attached hydrogen (secondary N) is 3. The van der Waals surface area contributed by atoms with Crippen LogP contribution in [-0.2, 0) is 14.4 Å². The molecule has 0 aromatic heterocycles. The first kappa shape index (κ1) is 26.4. The summed E-state index contributed by atoms with van der Waals surface area (Å²) in [7, 11) is -1.44. The van der Waals surface area contributed by atoms with Gasteiger partial charge in [-0.05, 0) is 54.6 Å². The van der Waals surface area contributed by atoms with Gasteiger partial charge < -0.3 is 29.9 Å². The summed E-state index contributed by atoms with van der Waals surface area (Å²) in [5.41, 5.74) is 1.02. The molecular weight excluding hydrogens is 473 g/mol. The number of carbonyl (C=O) groups is 3. The van der Waals surface area contributed by atoms with Gasteiger partial charge in [-0.3, -0.25) is 14.4 Å². The van der Waals surface area contributed by atoms with E-state index >= 15 is 0 Å². The van der Waals surface area contributed by atoms with Crippen molar-refractivity contribution in [3.05, 3.63) is 111 Å². The van der Waals surface area contributed by atoms with Crippen molar-refractivity contribution in [2.45, 2.75) is 0 Å². The summed E-state index contributed by atoms with van der Waals surface area (Å²) in [6, 6.07) is 19.9. The Morgan fingerprint density at radius 1 is 0.541 bits per heavy atom. The maximum atomic E-state index is 11.9. The molecule has 3 aromatic carbocycles. The largest absolute Gasteiger partial charge is 0.864 e. The summed E-state index contributed by atoms with van der Waals surface area (Å²) >= 11 is 0. The molecule has 0 aliphatic heterocycles. The molecule has 0 atom stereocenters. The van der Waals surface area contributed by atoms with E-state index in [4.69, 9.17) is 14.0 Å². The molecule has 186 valence electrons. The van der Waals surface area contributed by atoms with E-state index < -0.39 is 25.0 Å². The summed E-state index contributed by atoms with van der Waals surface area (Å²) in [6.07, 6.45) is 3.37. The highest BCUT2D eigenvalue weighted by Gasteiger charge is 2.33. The molecule has 0 aliphatic rings. The molecule has 0 saturated heterocycles. The van der Waals surface area contributed by atoms with Crippen molar-refractivity contribution in [1.82, 2.24) is 0 Å². The predicted molar refractivity (Wildman–Crippen MR) is 143 cm³/mol. The molecule has 0 unspecified atom stereocenters. The first-order chi connectivity index (χ1) is 17.9. The monoisotopic (exact) mass is 497 g/mol. The van der Waals surface area contributed by atoms with Crippen LogP contribution in [-0.4, -0.2) is 25.0 Å². The lowest BCUT2D eigenvalue weighted by Gasteiger charge is -2.21. The maximum Gasteiger partial charge on any atom is 0.864 e. The van der Waals surface area contributed by atoms with Gasteiger partial charge in [0.15, 0.2) is 0 Å². The van der Waals surface area contributed by atoms with Crippen molar-refractivity contribution >= 4 is 42.1 Å². The Bertz CT molecular complexity index is 1170. The van der Waals surface area contributed by atoms with Gasteiger partial charge >= 0.3 is 7.32 Å². The molecule has 0 saturated carbocycles. The van der Waals surface area contributed by atoms with E-state index in [2.05, 4.69) is 35.7 Å². The Morgan fingerprint density at radius 3 is 1.08 bits per heavy atom. The molecule has 0 aliphatic carbocycles. The third-order valence-electron chi connectivity index (χ3n) is 4.66. The van der Waals surface area contributed by atoms with Crippen molar-refractivity contribution in [2.75, 3.05) is 16.0 Å². The van der Waals surface area contributed by atoms with Crippen molar-refractivity contribution in [2.24, 2.45) is 0 Å². The van der Waals surface area contributed by atoms with Crippen molar-refractivity contribution in [3.8, 4) is 17.2 Å². The molecule has 0 bridgehead atoms. The summed E-state index contributed by atoms with van der Waals surface area (Å²) in [5.74, 6) is -0.646. The lowest BCUT2D eigenvalue weighted by Crippen LogP contribution is -2.37. The van der Waals surface area contributed by atoms with Crippen LogP contribution in [0.4, 0.5) is 17.1 Å². The van der Waals surface area contributed by atoms with Crippen LogP contribution in [0.3, 0.4) is 0 Å². The number of hydrogen-bond acceptors (Lipinski definition) is 6. The Kier molecular flexibility index (Phi) is 9.27. The van der Waals surface area contributed by atoms with Gasteiger partial charge in [0.05, 0.1) is 17.1 Å². The normalized spacial score (nSPS) is 9.73. The van der Waals surface area contributed by atoms with Crippen LogP contribution in [0.5, 0.6) is 17.2 Å². The van der Waals surface area contributed by atoms with E-state index in [0.29, 0.717) is 17.1 Å². The predicted octanol–water partition coefficient (Wildman–Crippen LogP) is 4.58. The zero-order valence-electron chi connectivity index (χ0n) is 19.8. The zero-order valence-corrected chi connectivity index (χ0v) is 19.8. The molecular formula is C27H24BN3O6.